The summed E-state index contributed by atoms with van der Waals surface area (Å²) in [4.78, 5) is 15.0. The third-order valence-corrected chi connectivity index (χ3v) is 5.46. The summed E-state index contributed by atoms with van der Waals surface area (Å²) in [6.45, 7) is 0.820. The molecule has 1 aromatic heterocycles. The van der Waals surface area contributed by atoms with Crippen LogP contribution in [0.15, 0.2) is 41.8 Å². The van der Waals surface area contributed by atoms with Crippen molar-refractivity contribution in [1.82, 2.24) is 19.6 Å². The van der Waals surface area contributed by atoms with Gasteiger partial charge in [-0.05, 0) is 24.6 Å². The average Bonchev–Trinajstić information content (AvgIpc) is 3.11. The van der Waals surface area contributed by atoms with Gasteiger partial charge in [0.1, 0.15) is 0 Å². The summed E-state index contributed by atoms with van der Waals surface area (Å²) in [5, 5.41) is 2.04. The normalized spacial score (nSPS) is 12.1. The smallest absolute Gasteiger partial charge is 0.356 e. The first-order chi connectivity index (χ1) is 13.1. The Morgan fingerprint density at radius 2 is 2.00 bits per heavy atom. The van der Waals surface area contributed by atoms with Crippen LogP contribution in [0.2, 0.25) is 5.02 Å². The van der Waals surface area contributed by atoms with Crippen LogP contribution in [0.1, 0.15) is 18.4 Å². The molecular formula is C16H18ClF3N4O3S. The third kappa shape index (κ3) is 6.50. The highest BCUT2D eigenvalue weighted by Gasteiger charge is 2.34. The first-order valence-electron chi connectivity index (χ1n) is 8.18. The largest absolute Gasteiger partial charge is 0.417 e. The molecule has 1 aromatic carbocycles. The van der Waals surface area contributed by atoms with Gasteiger partial charge in [-0.2, -0.15) is 13.2 Å². The van der Waals surface area contributed by atoms with Crippen molar-refractivity contribution in [2.24, 2.45) is 0 Å². The van der Waals surface area contributed by atoms with E-state index in [0.717, 1.165) is 12.1 Å². The lowest BCUT2D eigenvalue weighted by Gasteiger charge is -2.12. The summed E-state index contributed by atoms with van der Waals surface area (Å²) in [5.74, 6) is -0.375. The van der Waals surface area contributed by atoms with Gasteiger partial charge in [0.2, 0.25) is 15.9 Å². The zero-order valence-electron chi connectivity index (χ0n) is 14.5. The van der Waals surface area contributed by atoms with E-state index >= 15 is 0 Å². The van der Waals surface area contributed by atoms with Crippen molar-refractivity contribution >= 4 is 27.5 Å². The Morgan fingerprint density at radius 1 is 1.25 bits per heavy atom. The minimum absolute atomic E-state index is 0.149. The molecule has 0 radical (unpaired) electrons. The zero-order chi connectivity index (χ0) is 20.8. The molecule has 2 N–H and O–H groups in total. The fraction of sp³-hybridized carbons (Fsp3) is 0.375. The lowest BCUT2D eigenvalue weighted by atomic mass is 10.2. The second-order valence-corrected chi connectivity index (χ2v) is 7.97. The summed E-state index contributed by atoms with van der Waals surface area (Å²) in [5.41, 5.74) is -1.24. The first kappa shape index (κ1) is 22.2. The summed E-state index contributed by atoms with van der Waals surface area (Å²) >= 11 is 5.48. The van der Waals surface area contributed by atoms with Gasteiger partial charge in [-0.1, -0.05) is 11.6 Å². The van der Waals surface area contributed by atoms with E-state index in [4.69, 9.17) is 11.6 Å². The number of nitrogens with zero attached hydrogens (tertiary/aromatic N) is 2. The number of carbonyl (C=O) groups is 1. The second kappa shape index (κ2) is 9.39. The number of carbonyl (C=O) groups excluding carboxylic acids is 1. The van der Waals surface area contributed by atoms with E-state index in [9.17, 15) is 26.4 Å². The highest BCUT2D eigenvalue weighted by atomic mass is 35.5. The molecule has 7 nitrogen and oxygen atoms in total. The van der Waals surface area contributed by atoms with Crippen molar-refractivity contribution in [3.63, 3.8) is 0 Å². The van der Waals surface area contributed by atoms with Crippen LogP contribution in [0.4, 0.5) is 13.2 Å². The molecule has 1 amide bonds. The molecule has 0 unspecified atom stereocenters. The van der Waals surface area contributed by atoms with Crippen molar-refractivity contribution in [3.05, 3.63) is 47.5 Å². The number of alkyl halides is 3. The van der Waals surface area contributed by atoms with Gasteiger partial charge in [-0.15, -0.1) is 0 Å². The van der Waals surface area contributed by atoms with Crippen LogP contribution in [0.5, 0.6) is 0 Å². The van der Waals surface area contributed by atoms with E-state index in [0.29, 0.717) is 25.6 Å². The molecule has 0 fully saturated rings. The predicted octanol–water partition coefficient (Wildman–Crippen LogP) is 2.43. The van der Waals surface area contributed by atoms with Gasteiger partial charge in [0.25, 0.3) is 0 Å². The SMILES string of the molecule is O=C(CCNS(=O)(=O)c1ccc(Cl)c(C(F)(F)F)c1)NCCCn1ccnc1. The third-order valence-electron chi connectivity index (χ3n) is 3.67. The molecule has 2 aromatic rings. The summed E-state index contributed by atoms with van der Waals surface area (Å²) in [6, 6.07) is 2.29. The molecule has 12 heteroatoms. The van der Waals surface area contributed by atoms with E-state index in [1.54, 1.807) is 18.7 Å². The molecule has 154 valence electrons. The van der Waals surface area contributed by atoms with Crippen LogP contribution in [0, 0.1) is 0 Å². The molecule has 28 heavy (non-hydrogen) atoms. The number of benzene rings is 1. The van der Waals surface area contributed by atoms with E-state index in [-0.39, 0.29) is 18.9 Å². The van der Waals surface area contributed by atoms with Crippen LogP contribution >= 0.6 is 11.6 Å². The van der Waals surface area contributed by atoms with Gasteiger partial charge in [-0.3, -0.25) is 4.79 Å². The Labute approximate surface area is 165 Å². The van der Waals surface area contributed by atoms with E-state index in [2.05, 4.69) is 15.0 Å². The molecule has 0 aliphatic carbocycles. The fourth-order valence-electron chi connectivity index (χ4n) is 2.27. The number of aryl methyl sites for hydroxylation is 1. The Balaban J connectivity index is 1.80. The maximum atomic E-state index is 12.9. The Hall–Kier alpha value is -2.11. The Morgan fingerprint density at radius 3 is 2.64 bits per heavy atom. The molecule has 0 bridgehead atoms. The van der Waals surface area contributed by atoms with E-state index < -0.39 is 31.7 Å². The molecule has 0 aliphatic heterocycles. The number of sulfonamides is 1. The van der Waals surface area contributed by atoms with Crippen molar-refractivity contribution in [2.75, 3.05) is 13.1 Å². The lowest BCUT2D eigenvalue weighted by molar-refractivity contribution is -0.137. The van der Waals surface area contributed by atoms with Crippen LogP contribution in [0.3, 0.4) is 0 Å². The fourth-order valence-corrected chi connectivity index (χ4v) is 3.55. The quantitative estimate of drug-likeness (QED) is 0.588. The second-order valence-electron chi connectivity index (χ2n) is 5.79. The van der Waals surface area contributed by atoms with Crippen LogP contribution in [-0.4, -0.2) is 37.0 Å². The van der Waals surface area contributed by atoms with Crippen molar-refractivity contribution < 1.29 is 26.4 Å². The highest BCUT2D eigenvalue weighted by Crippen LogP contribution is 2.35. The van der Waals surface area contributed by atoms with Crippen molar-refractivity contribution in [3.8, 4) is 0 Å². The number of amides is 1. The van der Waals surface area contributed by atoms with Gasteiger partial charge in [0.05, 0.1) is 21.8 Å². The lowest BCUT2D eigenvalue weighted by Crippen LogP contribution is -2.31. The maximum Gasteiger partial charge on any atom is 0.417 e. The molecule has 1 heterocycles. The monoisotopic (exact) mass is 438 g/mol. The zero-order valence-corrected chi connectivity index (χ0v) is 16.1. The van der Waals surface area contributed by atoms with Gasteiger partial charge in [0, 0.05) is 38.4 Å². The van der Waals surface area contributed by atoms with Crippen LogP contribution in [-0.2, 0) is 27.5 Å². The summed E-state index contributed by atoms with van der Waals surface area (Å²) < 4.78 is 66.8. The number of aromatic nitrogens is 2. The number of rotatable bonds is 9. The van der Waals surface area contributed by atoms with E-state index in [1.165, 1.54) is 0 Å². The Kier molecular flexibility index (Phi) is 7.44. The number of imidazole rings is 1. The number of nitrogens with one attached hydrogen (secondary N) is 2. The predicted molar refractivity (Wildman–Crippen MR) is 96.1 cm³/mol. The standard InChI is InChI=1S/C16H18ClF3N4O3S/c17-14-3-2-12(10-13(14)16(18,19)20)28(26,27)23-6-4-15(25)22-5-1-8-24-9-7-21-11-24/h2-3,7,9-11,23H,1,4-6,8H2,(H,22,25). The van der Waals surface area contributed by atoms with Crippen molar-refractivity contribution in [1.29, 1.82) is 0 Å². The van der Waals surface area contributed by atoms with Gasteiger partial charge < -0.3 is 9.88 Å². The molecule has 0 saturated heterocycles. The molecule has 0 saturated carbocycles. The van der Waals surface area contributed by atoms with Crippen LogP contribution in [0.25, 0.3) is 0 Å². The van der Waals surface area contributed by atoms with Gasteiger partial charge >= 0.3 is 6.18 Å². The summed E-state index contributed by atoms with van der Waals surface area (Å²) in [7, 11) is -4.21. The van der Waals surface area contributed by atoms with Gasteiger partial charge in [0.15, 0.2) is 0 Å². The molecule has 0 atom stereocenters. The molecular weight excluding hydrogens is 421 g/mol. The number of halogens is 4. The topological polar surface area (TPSA) is 93.1 Å². The minimum Gasteiger partial charge on any atom is -0.356 e. The Bertz CT molecular complexity index is 902. The number of hydrogen-bond donors (Lipinski definition) is 2. The first-order valence-corrected chi connectivity index (χ1v) is 10.0. The highest BCUT2D eigenvalue weighted by molar-refractivity contribution is 7.89. The molecule has 2 rings (SSSR count). The average molecular weight is 439 g/mol. The van der Waals surface area contributed by atoms with Crippen molar-refractivity contribution in [2.45, 2.75) is 30.5 Å². The summed E-state index contributed by atoms with van der Waals surface area (Å²) in [6.07, 6.45) is 0.820. The van der Waals surface area contributed by atoms with Gasteiger partial charge in [-0.25, -0.2) is 18.1 Å². The number of hydrogen-bond acceptors (Lipinski definition) is 4. The molecule has 0 aliphatic rings. The van der Waals surface area contributed by atoms with E-state index in [1.807, 2.05) is 4.57 Å². The minimum atomic E-state index is -4.78. The maximum absolute atomic E-state index is 12.9. The van der Waals surface area contributed by atoms with Crippen LogP contribution < -0.4 is 10.0 Å². The molecule has 0 spiro atoms.